The largest absolute Gasteiger partial charge is 1.00 e. The van der Waals surface area contributed by atoms with Gasteiger partial charge in [-0.05, 0) is 108 Å². The van der Waals surface area contributed by atoms with Gasteiger partial charge in [0.25, 0.3) is 0 Å². The summed E-state index contributed by atoms with van der Waals surface area (Å²) in [5.74, 6) is -0.467. The number of carbonyl (C=O) groups is 2. The minimum atomic E-state index is -0.980. The molecule has 2 heterocycles. The van der Waals surface area contributed by atoms with Crippen molar-refractivity contribution >= 4 is 103 Å². The first-order valence-corrected chi connectivity index (χ1v) is 24.5. The van der Waals surface area contributed by atoms with E-state index in [1.54, 1.807) is 53.0 Å². The molecule has 69 heavy (non-hydrogen) atoms. The van der Waals surface area contributed by atoms with E-state index in [0.717, 1.165) is 78.2 Å². The minimum absolute atomic E-state index is 0. The second-order valence-corrected chi connectivity index (χ2v) is 20.2. The van der Waals surface area contributed by atoms with Crippen LogP contribution in [0.15, 0.2) is 133 Å². The van der Waals surface area contributed by atoms with Crippen LogP contribution in [-0.4, -0.2) is 39.6 Å². The second kappa shape index (κ2) is 25.1. The first-order chi connectivity index (χ1) is 32.1. The van der Waals surface area contributed by atoms with E-state index < -0.39 is 11.9 Å². The summed E-state index contributed by atoms with van der Waals surface area (Å²) in [4.78, 5) is 36.1. The Kier molecular flexibility index (Phi) is 19.9. The predicted molar refractivity (Wildman–Crippen MR) is 283 cm³/mol. The van der Waals surface area contributed by atoms with E-state index in [0.29, 0.717) is 48.3 Å². The summed E-state index contributed by atoms with van der Waals surface area (Å²) in [6, 6.07) is 41.5. The molecule has 4 N–H and O–H groups in total. The van der Waals surface area contributed by atoms with Crippen molar-refractivity contribution in [2.45, 2.75) is 40.5 Å². The molecule has 9 nitrogen and oxygen atoms in total. The number of carboxylic acids is 1. The Morgan fingerprint density at radius 1 is 0.551 bits per heavy atom. The fourth-order valence-corrected chi connectivity index (χ4v) is 10.2. The van der Waals surface area contributed by atoms with Crippen LogP contribution in [0.1, 0.15) is 58.2 Å². The van der Waals surface area contributed by atoms with Gasteiger partial charge in [-0.3, -0.25) is 0 Å². The van der Waals surface area contributed by atoms with Crippen LogP contribution in [0.3, 0.4) is 0 Å². The standard InChI is InChI=1S/C27H24Cl2N2O2S.C26H22Cl2N2O2S.Li.H2O/c1-16(2)11-24-25(18-9-10-22(28)23(29)15-18)31-27(34-24)30-21-13-19(17-7-5-4-6-8-17)12-20(14-21)26(32)33-3;1-15(2)10-23-24(17-8-9-21(27)22(28)14-17)30-26(33-23)29-20-12-18(11-19(13-20)25(31)32)16-6-4-3-5-7-16;;/h4-10,12-16H,11H2,1-3H3,(H,30,31);3-9,11-15H,10H2,1-2H3,(H,29,30)(H,31,32);;1H2/q;;+1;/p-1. The molecule has 0 spiro atoms. The summed E-state index contributed by atoms with van der Waals surface area (Å²) in [6.45, 7) is 8.68. The Bertz CT molecular complexity index is 3040. The summed E-state index contributed by atoms with van der Waals surface area (Å²) >= 11 is 27.9. The Balaban J connectivity index is 0.000000250. The third-order valence-electron chi connectivity index (χ3n) is 10.2. The van der Waals surface area contributed by atoms with Crippen molar-refractivity contribution in [1.82, 2.24) is 9.97 Å². The fourth-order valence-electron chi connectivity index (χ4n) is 7.17. The Morgan fingerprint density at radius 2 is 0.957 bits per heavy atom. The molecule has 0 saturated carbocycles. The summed E-state index contributed by atoms with van der Waals surface area (Å²) < 4.78 is 4.97. The number of aromatic carboxylic acids is 1. The number of esters is 1. The average Bonchev–Trinajstić information content (AvgIpc) is 3.90. The number of aromatic nitrogens is 2. The predicted octanol–water partition coefficient (Wildman–Crippen LogP) is 13.8. The van der Waals surface area contributed by atoms with E-state index in [9.17, 15) is 14.7 Å². The number of anilines is 4. The molecule has 0 aliphatic rings. The van der Waals surface area contributed by atoms with Gasteiger partial charge in [0, 0.05) is 32.3 Å². The van der Waals surface area contributed by atoms with Crippen LogP contribution >= 0.6 is 69.1 Å². The first-order valence-electron chi connectivity index (χ1n) is 21.3. The van der Waals surface area contributed by atoms with Gasteiger partial charge in [0.05, 0.1) is 49.7 Å². The molecule has 0 atom stereocenters. The molecule has 0 aliphatic carbocycles. The van der Waals surface area contributed by atoms with Crippen molar-refractivity contribution in [2.24, 2.45) is 11.8 Å². The molecule has 350 valence electrons. The van der Waals surface area contributed by atoms with Crippen LogP contribution in [0.4, 0.5) is 21.6 Å². The Hall–Kier alpha value is -5.16. The van der Waals surface area contributed by atoms with Gasteiger partial charge in [0.15, 0.2) is 10.3 Å². The molecule has 0 aliphatic heterocycles. The van der Waals surface area contributed by atoms with E-state index in [1.165, 1.54) is 7.11 Å². The van der Waals surface area contributed by atoms with Crippen LogP contribution in [0.2, 0.25) is 20.1 Å². The number of nitrogens with one attached hydrogen (secondary N) is 2. The zero-order valence-electron chi connectivity index (χ0n) is 38.6. The maximum atomic E-state index is 12.3. The molecule has 8 rings (SSSR count). The zero-order valence-corrected chi connectivity index (χ0v) is 43.3. The number of ether oxygens (including phenoxy) is 1. The summed E-state index contributed by atoms with van der Waals surface area (Å²) in [7, 11) is 1.38. The van der Waals surface area contributed by atoms with Crippen LogP contribution in [0, 0.1) is 11.8 Å². The molecule has 0 fully saturated rings. The van der Waals surface area contributed by atoms with Crippen LogP contribution in [-0.2, 0) is 17.6 Å². The van der Waals surface area contributed by atoms with Crippen LogP contribution in [0.5, 0.6) is 0 Å². The van der Waals surface area contributed by atoms with E-state index in [1.807, 2.05) is 103 Å². The summed E-state index contributed by atoms with van der Waals surface area (Å²) in [5, 5.41) is 19.8. The number of nitrogens with zero attached hydrogens (tertiary/aromatic N) is 2. The van der Waals surface area contributed by atoms with E-state index in [4.69, 9.17) is 61.1 Å². The van der Waals surface area contributed by atoms with Crippen LogP contribution in [0.25, 0.3) is 44.8 Å². The number of carboxylic acid groups (broad SMARTS) is 1. The molecule has 8 aromatic rings. The first kappa shape index (κ1) is 54.8. The van der Waals surface area contributed by atoms with Crippen molar-refractivity contribution in [3.05, 3.63) is 174 Å². The SMILES string of the molecule is CC(C)Cc1sc(Nc2cc(C(=O)O)cc(-c3ccccc3)c2)nc1-c1ccc(Cl)c(Cl)c1.COC(=O)c1cc(Nc2nc(-c3ccc(Cl)c(Cl)c3)c(CC(C)C)s2)cc(-c2ccccc2)c1.[Li+].[OH-]. The number of thiazole rings is 2. The maximum Gasteiger partial charge on any atom is 1.00 e. The molecule has 0 bridgehead atoms. The smallest absolute Gasteiger partial charge is 0.870 e. The van der Waals surface area contributed by atoms with Crippen LogP contribution < -0.4 is 29.5 Å². The second-order valence-electron chi connectivity index (χ2n) is 16.4. The van der Waals surface area contributed by atoms with Crippen molar-refractivity contribution in [2.75, 3.05) is 17.7 Å². The molecule has 2 aromatic heterocycles. The Labute approximate surface area is 442 Å². The van der Waals surface area contributed by atoms with E-state index in [2.05, 4.69) is 38.3 Å². The van der Waals surface area contributed by atoms with Gasteiger partial charge in [-0.1, -0.05) is 147 Å². The molecule has 16 heteroatoms. The fraction of sp³-hybridized carbons (Fsp3) is 0.170. The minimum Gasteiger partial charge on any atom is -0.870 e. The van der Waals surface area contributed by atoms with E-state index in [-0.39, 0.29) is 29.9 Å². The van der Waals surface area contributed by atoms with Crippen molar-refractivity contribution in [3.8, 4) is 44.8 Å². The van der Waals surface area contributed by atoms with Gasteiger partial charge >= 0.3 is 30.8 Å². The number of carbonyl (C=O) groups excluding carboxylic acids is 1. The number of methoxy groups -OCH3 is 1. The van der Waals surface area contributed by atoms with Gasteiger partial charge in [-0.25, -0.2) is 19.6 Å². The monoisotopic (exact) mass is 1030 g/mol. The Morgan fingerprint density at radius 3 is 1.33 bits per heavy atom. The number of hydrogen-bond donors (Lipinski definition) is 3. The molecular formula is C53H47Cl4LiN4O5S2. The molecular weight excluding hydrogens is 985 g/mol. The number of rotatable bonds is 14. The summed E-state index contributed by atoms with van der Waals surface area (Å²) in [6.07, 6.45) is 1.74. The zero-order chi connectivity index (χ0) is 47.8. The van der Waals surface area contributed by atoms with Gasteiger partial charge in [-0.15, -0.1) is 22.7 Å². The number of hydrogen-bond acceptors (Lipinski definition) is 10. The third kappa shape index (κ3) is 14.5. The molecule has 0 radical (unpaired) electrons. The molecule has 0 unspecified atom stereocenters. The molecule has 0 amide bonds. The molecule has 6 aromatic carbocycles. The molecule has 0 saturated heterocycles. The van der Waals surface area contributed by atoms with E-state index >= 15 is 0 Å². The van der Waals surface area contributed by atoms with Gasteiger partial charge in [-0.2, -0.15) is 0 Å². The van der Waals surface area contributed by atoms with Gasteiger partial charge < -0.3 is 26.0 Å². The normalized spacial score (nSPS) is 10.7. The topological polar surface area (TPSA) is 143 Å². The number of benzene rings is 6. The third-order valence-corrected chi connectivity index (χ3v) is 13.7. The van der Waals surface area contributed by atoms with Crippen molar-refractivity contribution < 1.29 is 43.8 Å². The average molecular weight is 1030 g/mol. The van der Waals surface area contributed by atoms with Crippen molar-refractivity contribution in [3.63, 3.8) is 0 Å². The quantitative estimate of drug-likeness (QED) is 0.0716. The van der Waals surface area contributed by atoms with Gasteiger partial charge in [0.2, 0.25) is 0 Å². The number of halogens is 4. The maximum absolute atomic E-state index is 12.3. The van der Waals surface area contributed by atoms with Crippen molar-refractivity contribution in [1.29, 1.82) is 0 Å². The van der Waals surface area contributed by atoms with Gasteiger partial charge in [0.1, 0.15) is 0 Å². The summed E-state index contributed by atoms with van der Waals surface area (Å²) in [5.41, 5.74) is 9.34.